The van der Waals surface area contributed by atoms with Gasteiger partial charge in [-0.25, -0.2) is 0 Å². The topological polar surface area (TPSA) is 38.4 Å². The van der Waals surface area contributed by atoms with Crippen molar-refractivity contribution in [1.82, 2.24) is 0 Å². The molecule has 0 radical (unpaired) electrons. The van der Waals surface area contributed by atoms with Gasteiger partial charge in [0.25, 0.3) is 0 Å². The number of aliphatic imine (C=N–C) groups is 1. The number of amidine groups is 1. The van der Waals surface area contributed by atoms with Crippen molar-refractivity contribution < 1.29 is 0 Å². The van der Waals surface area contributed by atoms with Gasteiger partial charge >= 0.3 is 0 Å². The van der Waals surface area contributed by atoms with Gasteiger partial charge in [-0.05, 0) is 11.3 Å². The van der Waals surface area contributed by atoms with Gasteiger partial charge in [0.1, 0.15) is 0 Å². The minimum atomic E-state index is 0.337. The monoisotopic (exact) mass is 140 g/mol. The predicted molar refractivity (Wildman–Crippen MR) is 44.1 cm³/mol. The quantitative estimate of drug-likeness (QED) is 0.587. The molecular formula is C8H16N2. The highest BCUT2D eigenvalue weighted by Gasteiger charge is 2.32. The highest BCUT2D eigenvalue weighted by Crippen LogP contribution is 2.34. The fourth-order valence-electron chi connectivity index (χ4n) is 1.19. The number of hydrogen-bond acceptors (Lipinski definition) is 2. The van der Waals surface area contributed by atoms with Crippen LogP contribution >= 0.6 is 0 Å². The average molecular weight is 140 g/mol. The smallest absolute Gasteiger partial charge is 0.0943 e. The van der Waals surface area contributed by atoms with E-state index in [0.717, 1.165) is 18.8 Å². The maximum Gasteiger partial charge on any atom is 0.0943 e. The summed E-state index contributed by atoms with van der Waals surface area (Å²) in [5, 5.41) is 0. The van der Waals surface area contributed by atoms with Crippen molar-refractivity contribution >= 4 is 5.84 Å². The highest BCUT2D eigenvalue weighted by atomic mass is 14.9. The van der Waals surface area contributed by atoms with E-state index in [1.165, 1.54) is 0 Å². The summed E-state index contributed by atoms with van der Waals surface area (Å²) in [5.41, 5.74) is 5.94. The standard InChI is InChI=1S/C8H16N2/c1-6(2)8(3)4-7(9)10-5-8/h6H,4-5H2,1-3H3,(H2,9,10). The number of nitrogens with two attached hydrogens (primary N) is 1. The van der Waals surface area contributed by atoms with E-state index < -0.39 is 0 Å². The van der Waals surface area contributed by atoms with Crippen LogP contribution in [-0.4, -0.2) is 12.4 Å². The molecular weight excluding hydrogens is 124 g/mol. The van der Waals surface area contributed by atoms with E-state index in [-0.39, 0.29) is 0 Å². The van der Waals surface area contributed by atoms with Crippen LogP contribution < -0.4 is 5.73 Å². The van der Waals surface area contributed by atoms with Gasteiger partial charge in [0.05, 0.1) is 5.84 Å². The Bertz CT molecular complexity index is 161. The summed E-state index contributed by atoms with van der Waals surface area (Å²) in [4.78, 5) is 4.20. The van der Waals surface area contributed by atoms with Gasteiger partial charge in [0.15, 0.2) is 0 Å². The van der Waals surface area contributed by atoms with Crippen molar-refractivity contribution in [1.29, 1.82) is 0 Å². The summed E-state index contributed by atoms with van der Waals surface area (Å²) in [7, 11) is 0. The fourth-order valence-corrected chi connectivity index (χ4v) is 1.19. The molecule has 0 aromatic heterocycles. The minimum Gasteiger partial charge on any atom is -0.387 e. The van der Waals surface area contributed by atoms with Crippen molar-refractivity contribution in [3.63, 3.8) is 0 Å². The van der Waals surface area contributed by atoms with Crippen LogP contribution in [0.5, 0.6) is 0 Å². The van der Waals surface area contributed by atoms with Gasteiger partial charge in [-0.1, -0.05) is 20.8 Å². The fraction of sp³-hybridized carbons (Fsp3) is 0.875. The van der Waals surface area contributed by atoms with Gasteiger partial charge in [-0.2, -0.15) is 0 Å². The maximum atomic E-state index is 5.60. The van der Waals surface area contributed by atoms with E-state index >= 15 is 0 Å². The van der Waals surface area contributed by atoms with Crippen LogP contribution in [0.15, 0.2) is 4.99 Å². The van der Waals surface area contributed by atoms with Gasteiger partial charge in [-0.15, -0.1) is 0 Å². The maximum absolute atomic E-state index is 5.60. The van der Waals surface area contributed by atoms with E-state index in [1.807, 2.05) is 0 Å². The average Bonchev–Trinajstić information content (AvgIpc) is 2.13. The molecule has 10 heavy (non-hydrogen) atoms. The third kappa shape index (κ3) is 1.15. The van der Waals surface area contributed by atoms with E-state index in [1.54, 1.807) is 0 Å². The summed E-state index contributed by atoms with van der Waals surface area (Å²) < 4.78 is 0. The molecule has 2 N–H and O–H groups in total. The van der Waals surface area contributed by atoms with Crippen LogP contribution in [0.4, 0.5) is 0 Å². The summed E-state index contributed by atoms with van der Waals surface area (Å²) >= 11 is 0. The molecule has 58 valence electrons. The van der Waals surface area contributed by atoms with Gasteiger partial charge in [0, 0.05) is 13.0 Å². The van der Waals surface area contributed by atoms with Gasteiger partial charge in [-0.3, -0.25) is 4.99 Å². The molecule has 0 fully saturated rings. The third-order valence-corrected chi connectivity index (χ3v) is 2.62. The van der Waals surface area contributed by atoms with Crippen molar-refractivity contribution in [3.8, 4) is 0 Å². The molecule has 0 aromatic carbocycles. The van der Waals surface area contributed by atoms with E-state index in [9.17, 15) is 0 Å². The first-order chi connectivity index (χ1) is 4.54. The lowest BCUT2D eigenvalue weighted by molar-refractivity contribution is 0.256. The predicted octanol–water partition coefficient (Wildman–Crippen LogP) is 1.41. The van der Waals surface area contributed by atoms with E-state index in [0.29, 0.717) is 11.3 Å². The molecule has 1 unspecified atom stereocenters. The second-order valence-corrected chi connectivity index (χ2v) is 3.79. The molecule has 2 heteroatoms. The Labute approximate surface area is 62.5 Å². The van der Waals surface area contributed by atoms with Crippen LogP contribution in [-0.2, 0) is 0 Å². The second kappa shape index (κ2) is 2.26. The summed E-state index contributed by atoms with van der Waals surface area (Å²) in [6, 6.07) is 0. The van der Waals surface area contributed by atoms with E-state index in [4.69, 9.17) is 5.73 Å². The van der Waals surface area contributed by atoms with Crippen LogP contribution in [0.3, 0.4) is 0 Å². The highest BCUT2D eigenvalue weighted by molar-refractivity contribution is 5.82. The Morgan fingerprint density at radius 2 is 2.20 bits per heavy atom. The largest absolute Gasteiger partial charge is 0.387 e. The van der Waals surface area contributed by atoms with Gasteiger partial charge < -0.3 is 5.73 Å². The Morgan fingerprint density at radius 1 is 1.60 bits per heavy atom. The van der Waals surface area contributed by atoms with E-state index in [2.05, 4.69) is 25.8 Å². The van der Waals surface area contributed by atoms with Crippen LogP contribution in [0.25, 0.3) is 0 Å². The normalized spacial score (nSPS) is 33.0. The zero-order valence-corrected chi connectivity index (χ0v) is 7.02. The Morgan fingerprint density at radius 3 is 2.40 bits per heavy atom. The Hall–Kier alpha value is -0.530. The molecule has 0 bridgehead atoms. The minimum absolute atomic E-state index is 0.337. The molecule has 2 nitrogen and oxygen atoms in total. The molecule has 1 atom stereocenters. The molecule has 0 saturated heterocycles. The number of rotatable bonds is 1. The molecule has 0 aliphatic carbocycles. The zero-order chi connectivity index (χ0) is 7.78. The lowest BCUT2D eigenvalue weighted by Crippen LogP contribution is -2.26. The molecule has 0 amide bonds. The first-order valence-electron chi connectivity index (χ1n) is 3.83. The Kier molecular flexibility index (Phi) is 1.71. The van der Waals surface area contributed by atoms with Crippen molar-refractivity contribution in [3.05, 3.63) is 0 Å². The first kappa shape index (κ1) is 7.58. The molecule has 1 rings (SSSR count). The van der Waals surface area contributed by atoms with Crippen LogP contribution in [0.2, 0.25) is 0 Å². The first-order valence-corrected chi connectivity index (χ1v) is 3.83. The molecule has 1 aliphatic rings. The van der Waals surface area contributed by atoms with Crippen molar-refractivity contribution in [2.45, 2.75) is 27.2 Å². The lowest BCUT2D eigenvalue weighted by Gasteiger charge is -2.26. The molecule has 1 heterocycles. The lowest BCUT2D eigenvalue weighted by atomic mass is 9.78. The number of hydrogen-bond donors (Lipinski definition) is 1. The summed E-state index contributed by atoms with van der Waals surface area (Å²) in [6.07, 6.45) is 0.977. The molecule has 0 saturated carbocycles. The molecule has 0 aromatic rings. The van der Waals surface area contributed by atoms with Crippen molar-refractivity contribution in [2.24, 2.45) is 22.1 Å². The summed E-state index contributed by atoms with van der Waals surface area (Å²) in [6.45, 7) is 7.62. The van der Waals surface area contributed by atoms with Gasteiger partial charge in [0.2, 0.25) is 0 Å². The van der Waals surface area contributed by atoms with Crippen LogP contribution in [0, 0.1) is 11.3 Å². The molecule has 1 aliphatic heterocycles. The molecule has 0 spiro atoms. The van der Waals surface area contributed by atoms with Crippen molar-refractivity contribution in [2.75, 3.05) is 6.54 Å². The van der Waals surface area contributed by atoms with Crippen LogP contribution in [0.1, 0.15) is 27.2 Å². The number of nitrogens with zero attached hydrogens (tertiary/aromatic N) is 1. The summed E-state index contributed by atoms with van der Waals surface area (Å²) in [5.74, 6) is 1.51. The zero-order valence-electron chi connectivity index (χ0n) is 7.02. The second-order valence-electron chi connectivity index (χ2n) is 3.79. The SMILES string of the molecule is CC(C)C1(C)CN=C(N)C1. The third-order valence-electron chi connectivity index (χ3n) is 2.62. The Balaban J connectivity index is 2.61.